The van der Waals surface area contributed by atoms with Crippen molar-refractivity contribution >= 4 is 15.9 Å². The normalized spacial score (nSPS) is 11.8. The number of nitrogens with one attached hydrogen (secondary N) is 2. The lowest BCUT2D eigenvalue weighted by molar-refractivity contribution is 0.449. The van der Waals surface area contributed by atoms with Gasteiger partial charge in [0.2, 0.25) is 0 Å². The van der Waals surface area contributed by atoms with Crippen LogP contribution in [0.2, 0.25) is 0 Å². The minimum absolute atomic E-state index is 0.437. The molecule has 0 spiro atoms. The number of hydrogen-bond acceptors (Lipinski definition) is 3. The van der Waals surface area contributed by atoms with E-state index < -0.39 is 10.2 Å². The predicted octanol–water partition coefficient (Wildman–Crippen LogP) is 2.08. The Kier molecular flexibility index (Phi) is 4.41. The topological polar surface area (TPSA) is 78.1 Å². The maximum absolute atomic E-state index is 12.2. The molecule has 0 unspecified atom stereocenters. The number of rotatable bonds is 6. The Morgan fingerprint density at radius 1 is 1.25 bits per heavy atom. The summed E-state index contributed by atoms with van der Waals surface area (Å²) in [6.07, 6.45) is 1.65. The number of anilines is 1. The molecule has 0 aliphatic carbocycles. The molecule has 0 aliphatic heterocycles. The van der Waals surface area contributed by atoms with Crippen LogP contribution in [-0.2, 0) is 10.2 Å². The van der Waals surface area contributed by atoms with Crippen molar-refractivity contribution in [1.82, 2.24) is 14.5 Å². The summed E-state index contributed by atoms with van der Waals surface area (Å²) < 4.78 is 28.3. The molecular formula is C13H18N4O2S. The Hall–Kier alpha value is -1.86. The van der Waals surface area contributed by atoms with Gasteiger partial charge >= 0.3 is 10.2 Å². The molecule has 0 fully saturated rings. The van der Waals surface area contributed by atoms with Crippen molar-refractivity contribution < 1.29 is 8.42 Å². The summed E-state index contributed by atoms with van der Waals surface area (Å²) in [6.45, 7) is 4.49. The third-order valence-electron chi connectivity index (χ3n) is 2.97. The first-order chi connectivity index (χ1) is 9.56. The fourth-order valence-corrected chi connectivity index (χ4v) is 3.18. The Morgan fingerprint density at radius 2 is 2.00 bits per heavy atom. The average Bonchev–Trinajstić information content (AvgIpc) is 2.93. The van der Waals surface area contributed by atoms with Gasteiger partial charge in [0.25, 0.3) is 0 Å². The van der Waals surface area contributed by atoms with Crippen molar-refractivity contribution in [3.05, 3.63) is 36.5 Å². The summed E-state index contributed by atoms with van der Waals surface area (Å²) in [4.78, 5) is 0. The summed E-state index contributed by atoms with van der Waals surface area (Å²) in [7, 11) is -3.50. The van der Waals surface area contributed by atoms with E-state index in [0.29, 0.717) is 18.8 Å². The highest BCUT2D eigenvalue weighted by molar-refractivity contribution is 7.90. The summed E-state index contributed by atoms with van der Waals surface area (Å²) in [5, 5.41) is 6.74. The van der Waals surface area contributed by atoms with Crippen LogP contribution < -0.4 is 4.72 Å². The van der Waals surface area contributed by atoms with Crippen molar-refractivity contribution in [3.8, 4) is 11.3 Å². The van der Waals surface area contributed by atoms with Crippen molar-refractivity contribution in [3.63, 3.8) is 0 Å². The average molecular weight is 294 g/mol. The molecule has 2 rings (SSSR count). The maximum Gasteiger partial charge on any atom is 0.301 e. The van der Waals surface area contributed by atoms with Gasteiger partial charge in [-0.3, -0.25) is 9.82 Å². The SMILES string of the molecule is CCN(CC)S(=O)(=O)Nc1cccc(-c2ccn[nH]2)c1. The van der Waals surface area contributed by atoms with E-state index >= 15 is 0 Å². The number of H-pyrrole nitrogens is 1. The molecule has 1 aromatic heterocycles. The van der Waals surface area contributed by atoms with Crippen LogP contribution in [0.5, 0.6) is 0 Å². The van der Waals surface area contributed by atoms with Crippen LogP contribution in [0.3, 0.4) is 0 Å². The van der Waals surface area contributed by atoms with Crippen molar-refractivity contribution in [2.24, 2.45) is 0 Å². The molecule has 0 saturated heterocycles. The molecule has 0 amide bonds. The van der Waals surface area contributed by atoms with Crippen LogP contribution in [0.4, 0.5) is 5.69 Å². The van der Waals surface area contributed by atoms with Gasteiger partial charge in [-0.15, -0.1) is 0 Å². The molecule has 0 aliphatic rings. The summed E-state index contributed by atoms with van der Waals surface area (Å²) in [6, 6.07) is 9.02. The predicted molar refractivity (Wildman–Crippen MR) is 79.5 cm³/mol. The quantitative estimate of drug-likeness (QED) is 0.856. The van der Waals surface area contributed by atoms with E-state index in [0.717, 1.165) is 11.3 Å². The van der Waals surface area contributed by atoms with Crippen molar-refractivity contribution in [2.75, 3.05) is 17.8 Å². The first-order valence-electron chi connectivity index (χ1n) is 6.44. The molecule has 0 atom stereocenters. The smallest absolute Gasteiger partial charge is 0.278 e. The molecule has 2 N–H and O–H groups in total. The first kappa shape index (κ1) is 14.5. The summed E-state index contributed by atoms with van der Waals surface area (Å²) >= 11 is 0. The van der Waals surface area contributed by atoms with Crippen molar-refractivity contribution in [2.45, 2.75) is 13.8 Å². The molecule has 0 bridgehead atoms. The van der Waals surface area contributed by atoms with E-state index in [4.69, 9.17) is 0 Å². The highest BCUT2D eigenvalue weighted by atomic mass is 32.2. The Labute approximate surface area is 119 Å². The van der Waals surface area contributed by atoms with Crippen LogP contribution in [0.15, 0.2) is 36.5 Å². The monoisotopic (exact) mass is 294 g/mol. The van der Waals surface area contributed by atoms with Gasteiger partial charge in [0.05, 0.1) is 11.4 Å². The largest absolute Gasteiger partial charge is 0.301 e. The molecular weight excluding hydrogens is 276 g/mol. The molecule has 6 nitrogen and oxygen atoms in total. The number of aromatic nitrogens is 2. The summed E-state index contributed by atoms with van der Waals surface area (Å²) in [5.74, 6) is 0. The second kappa shape index (κ2) is 6.06. The zero-order chi connectivity index (χ0) is 14.6. The molecule has 7 heteroatoms. The van der Waals surface area contributed by atoms with Gasteiger partial charge in [-0.05, 0) is 18.2 Å². The number of aromatic amines is 1. The van der Waals surface area contributed by atoms with Gasteiger partial charge in [0.1, 0.15) is 0 Å². The van der Waals surface area contributed by atoms with E-state index in [1.54, 1.807) is 24.4 Å². The zero-order valence-corrected chi connectivity index (χ0v) is 12.3. The number of hydrogen-bond donors (Lipinski definition) is 2. The second-order valence-electron chi connectivity index (χ2n) is 4.24. The fourth-order valence-electron chi connectivity index (χ4n) is 1.94. The highest BCUT2D eigenvalue weighted by Crippen LogP contribution is 2.21. The van der Waals surface area contributed by atoms with Crippen molar-refractivity contribution in [1.29, 1.82) is 0 Å². The second-order valence-corrected chi connectivity index (χ2v) is 5.91. The molecule has 1 heterocycles. The Morgan fingerprint density at radius 3 is 2.60 bits per heavy atom. The van der Waals surface area contributed by atoms with Gasteiger partial charge in [-0.2, -0.15) is 17.8 Å². The third-order valence-corrected chi connectivity index (χ3v) is 4.66. The van der Waals surface area contributed by atoms with Gasteiger partial charge in [-0.25, -0.2) is 0 Å². The highest BCUT2D eigenvalue weighted by Gasteiger charge is 2.18. The molecule has 1 aromatic carbocycles. The van der Waals surface area contributed by atoms with Crippen LogP contribution in [-0.4, -0.2) is 36.0 Å². The van der Waals surface area contributed by atoms with Gasteiger partial charge in [-0.1, -0.05) is 26.0 Å². The fraction of sp³-hybridized carbons (Fsp3) is 0.308. The van der Waals surface area contributed by atoms with E-state index in [2.05, 4.69) is 14.9 Å². The molecule has 20 heavy (non-hydrogen) atoms. The van der Waals surface area contributed by atoms with Gasteiger partial charge in [0.15, 0.2) is 0 Å². The number of nitrogens with zero attached hydrogens (tertiary/aromatic N) is 2. The van der Waals surface area contributed by atoms with Crippen LogP contribution in [0.1, 0.15) is 13.8 Å². The van der Waals surface area contributed by atoms with E-state index in [1.165, 1.54) is 4.31 Å². The Bertz CT molecular complexity index is 649. The van der Waals surface area contributed by atoms with Crippen LogP contribution in [0.25, 0.3) is 11.3 Å². The first-order valence-corrected chi connectivity index (χ1v) is 7.88. The zero-order valence-electron chi connectivity index (χ0n) is 11.5. The lowest BCUT2D eigenvalue weighted by atomic mass is 10.1. The Balaban J connectivity index is 2.25. The van der Waals surface area contributed by atoms with Crippen LogP contribution in [0, 0.1) is 0 Å². The molecule has 0 radical (unpaired) electrons. The molecule has 0 saturated carbocycles. The third kappa shape index (κ3) is 3.17. The number of benzene rings is 1. The maximum atomic E-state index is 12.2. The van der Waals surface area contributed by atoms with E-state index in [-0.39, 0.29) is 0 Å². The lowest BCUT2D eigenvalue weighted by Gasteiger charge is -2.19. The van der Waals surface area contributed by atoms with Crippen LogP contribution >= 0.6 is 0 Å². The minimum Gasteiger partial charge on any atom is -0.278 e. The standard InChI is InChI=1S/C13H18N4O2S/c1-3-17(4-2)20(18,19)16-12-7-5-6-11(10-12)13-8-9-14-15-13/h5-10,16H,3-4H2,1-2H3,(H,14,15). The molecule has 2 aromatic rings. The van der Waals surface area contributed by atoms with Gasteiger partial charge < -0.3 is 0 Å². The summed E-state index contributed by atoms with van der Waals surface area (Å²) in [5.41, 5.74) is 2.25. The molecule has 108 valence electrons. The van der Waals surface area contributed by atoms with Gasteiger partial charge in [0, 0.05) is 24.8 Å². The minimum atomic E-state index is -3.50. The van der Waals surface area contributed by atoms with E-state index in [1.807, 2.05) is 26.0 Å². The van der Waals surface area contributed by atoms with E-state index in [9.17, 15) is 8.42 Å². The lowest BCUT2D eigenvalue weighted by Crippen LogP contribution is -2.35.